The van der Waals surface area contributed by atoms with Gasteiger partial charge < -0.3 is 0 Å². The highest BCUT2D eigenvalue weighted by Gasteiger charge is 2.28. The maximum absolute atomic E-state index is 13.5. The van der Waals surface area contributed by atoms with Gasteiger partial charge in [0.05, 0.1) is 16.4 Å². The van der Waals surface area contributed by atoms with Gasteiger partial charge in [-0.15, -0.1) is 0 Å². The summed E-state index contributed by atoms with van der Waals surface area (Å²) in [6, 6.07) is 13.9. The number of nitrogens with zero attached hydrogens (tertiary/aromatic N) is 3. The molecule has 0 saturated carbocycles. The van der Waals surface area contributed by atoms with E-state index in [2.05, 4.69) is 0 Å². The van der Waals surface area contributed by atoms with Crippen LogP contribution in [0.5, 0.6) is 0 Å². The molecule has 196 valence electrons. The van der Waals surface area contributed by atoms with Crippen LogP contribution in [0.4, 0.5) is 5.69 Å². The molecule has 2 heterocycles. The zero-order valence-electron chi connectivity index (χ0n) is 21.0. The van der Waals surface area contributed by atoms with Gasteiger partial charge in [0.2, 0.25) is 11.8 Å². The number of benzene rings is 2. The van der Waals surface area contributed by atoms with Gasteiger partial charge in [0.15, 0.2) is 0 Å². The van der Waals surface area contributed by atoms with E-state index in [9.17, 15) is 14.4 Å². The topological polar surface area (TPSA) is 72.3 Å². The Morgan fingerprint density at radius 1 is 0.895 bits per heavy atom. The second kappa shape index (κ2) is 11.1. The molecule has 0 saturated heterocycles. The number of anilines is 1. The Balaban J connectivity index is 2.25. The average Bonchev–Trinajstić information content (AvgIpc) is 2.84. The Labute approximate surface area is 239 Å². The van der Waals surface area contributed by atoms with Crippen LogP contribution >= 0.6 is 46.4 Å². The Bertz CT molecular complexity index is 1630. The van der Waals surface area contributed by atoms with Crippen LogP contribution < -0.4 is 10.5 Å². The lowest BCUT2D eigenvalue weighted by Crippen LogP contribution is -2.36. The van der Waals surface area contributed by atoms with E-state index >= 15 is 0 Å². The van der Waals surface area contributed by atoms with Crippen molar-refractivity contribution in [2.75, 3.05) is 4.90 Å². The lowest BCUT2D eigenvalue weighted by Gasteiger charge is -2.24. The first kappa shape index (κ1) is 28.1. The highest BCUT2D eigenvalue weighted by atomic mass is 35.5. The minimum absolute atomic E-state index is 0.0110. The highest BCUT2D eigenvalue weighted by molar-refractivity contribution is 6.38. The number of hydrogen-bond donors (Lipinski definition) is 0. The summed E-state index contributed by atoms with van der Waals surface area (Å²) in [4.78, 5) is 44.5. The van der Waals surface area contributed by atoms with E-state index in [1.54, 1.807) is 36.4 Å². The van der Waals surface area contributed by atoms with Gasteiger partial charge in [-0.25, -0.2) is 9.88 Å². The molecular formula is C28H23Cl4N3O3. The number of rotatable bonds is 5. The summed E-state index contributed by atoms with van der Waals surface area (Å²) in [6.07, 6.45) is 0. The third-order valence-electron chi connectivity index (χ3n) is 5.90. The van der Waals surface area contributed by atoms with Crippen molar-refractivity contribution >= 4 is 74.9 Å². The molecule has 0 aliphatic rings. The molecule has 4 aromatic rings. The van der Waals surface area contributed by atoms with Crippen molar-refractivity contribution in [1.82, 2.24) is 9.55 Å². The summed E-state index contributed by atoms with van der Waals surface area (Å²) in [6.45, 7) is 6.68. The molecule has 0 atom stereocenters. The first-order valence-electron chi connectivity index (χ1n) is 11.7. The maximum Gasteiger partial charge on any atom is 0.273 e. The quantitative estimate of drug-likeness (QED) is 0.237. The van der Waals surface area contributed by atoms with Gasteiger partial charge in [-0.1, -0.05) is 72.4 Å². The smallest absolute Gasteiger partial charge is 0.273 e. The number of carbonyl (C=O) groups is 2. The lowest BCUT2D eigenvalue weighted by atomic mass is 9.97. The third-order valence-corrected chi connectivity index (χ3v) is 7.04. The molecule has 6 nitrogen and oxygen atoms in total. The molecule has 0 spiro atoms. The fourth-order valence-electron chi connectivity index (χ4n) is 4.34. The molecule has 0 unspecified atom stereocenters. The summed E-state index contributed by atoms with van der Waals surface area (Å²) in [7, 11) is 0. The van der Waals surface area contributed by atoms with Crippen molar-refractivity contribution in [3.8, 4) is 22.4 Å². The van der Waals surface area contributed by atoms with Crippen molar-refractivity contribution in [2.24, 2.45) is 5.92 Å². The van der Waals surface area contributed by atoms with E-state index < -0.39 is 17.4 Å². The number of amides is 2. The molecule has 38 heavy (non-hydrogen) atoms. The standard InChI is InChI=1S/C28H23Cl4N3O3/c1-14(2)13-34-27-22(26(24(32)28(34)38)35(15(3)36)16(4)37)12-21(17-5-7-18(29)8-6-17)25(33-27)20-10-9-19(30)11-23(20)31/h5-12,14H,13H2,1-4H3. The number of halogens is 4. The normalized spacial score (nSPS) is 11.3. The van der Waals surface area contributed by atoms with Crippen molar-refractivity contribution in [3.63, 3.8) is 0 Å². The van der Waals surface area contributed by atoms with Crippen LogP contribution in [0.2, 0.25) is 20.1 Å². The molecular weight excluding hydrogens is 568 g/mol. The molecule has 2 aromatic carbocycles. The number of pyridine rings is 2. The molecule has 4 rings (SSSR count). The predicted molar refractivity (Wildman–Crippen MR) is 156 cm³/mol. The van der Waals surface area contributed by atoms with Crippen LogP contribution in [0, 0.1) is 5.92 Å². The van der Waals surface area contributed by atoms with E-state index in [0.29, 0.717) is 43.8 Å². The van der Waals surface area contributed by atoms with E-state index in [-0.39, 0.29) is 22.3 Å². The highest BCUT2D eigenvalue weighted by Crippen LogP contribution is 2.41. The van der Waals surface area contributed by atoms with Crippen molar-refractivity contribution in [3.05, 3.63) is 79.0 Å². The largest absolute Gasteiger partial charge is 0.291 e. The first-order chi connectivity index (χ1) is 17.9. The van der Waals surface area contributed by atoms with E-state index in [1.165, 1.54) is 18.4 Å². The second-order valence-electron chi connectivity index (χ2n) is 9.23. The SMILES string of the molecule is CC(=O)N(C(C)=O)c1c(Cl)c(=O)n(CC(C)C)c2nc(-c3ccc(Cl)cc3Cl)c(-c3ccc(Cl)cc3)cc12. The Kier molecular flexibility index (Phi) is 8.19. The molecule has 10 heteroatoms. The molecule has 0 aliphatic heterocycles. The third kappa shape index (κ3) is 5.32. The summed E-state index contributed by atoms with van der Waals surface area (Å²) in [5, 5.41) is 1.48. The molecule has 2 amide bonds. The summed E-state index contributed by atoms with van der Waals surface area (Å²) in [5.41, 5.74) is 2.11. The number of carbonyl (C=O) groups excluding carboxylic acids is 2. The number of fused-ring (bicyclic) bond motifs is 1. The fourth-order valence-corrected chi connectivity index (χ4v) is 5.26. The molecule has 0 aliphatic carbocycles. The predicted octanol–water partition coefficient (Wildman–Crippen LogP) is 7.90. The van der Waals surface area contributed by atoms with Gasteiger partial charge in [-0.3, -0.25) is 19.0 Å². The monoisotopic (exact) mass is 589 g/mol. The van der Waals surface area contributed by atoms with Crippen molar-refractivity contribution in [1.29, 1.82) is 0 Å². The van der Waals surface area contributed by atoms with Crippen LogP contribution in [0.1, 0.15) is 27.7 Å². The zero-order valence-corrected chi connectivity index (χ0v) is 24.0. The number of imide groups is 1. The van der Waals surface area contributed by atoms with Gasteiger partial charge in [0.25, 0.3) is 5.56 Å². The van der Waals surface area contributed by atoms with Gasteiger partial charge >= 0.3 is 0 Å². The van der Waals surface area contributed by atoms with Crippen LogP contribution in [0.15, 0.2) is 53.3 Å². The van der Waals surface area contributed by atoms with Gasteiger partial charge in [0.1, 0.15) is 10.7 Å². The lowest BCUT2D eigenvalue weighted by molar-refractivity contribution is -0.124. The zero-order chi connectivity index (χ0) is 27.9. The fraction of sp³-hybridized carbons (Fsp3) is 0.214. The van der Waals surface area contributed by atoms with Crippen LogP contribution in [-0.2, 0) is 16.1 Å². The summed E-state index contributed by atoms with van der Waals surface area (Å²) < 4.78 is 1.46. The van der Waals surface area contributed by atoms with Crippen LogP contribution in [0.25, 0.3) is 33.4 Å². The summed E-state index contributed by atoms with van der Waals surface area (Å²) in [5.74, 6) is -1.10. The van der Waals surface area contributed by atoms with Gasteiger partial charge in [-0.05, 0) is 47.9 Å². The number of hydrogen-bond acceptors (Lipinski definition) is 4. The van der Waals surface area contributed by atoms with Gasteiger partial charge in [0, 0.05) is 47.0 Å². The van der Waals surface area contributed by atoms with Crippen molar-refractivity contribution < 1.29 is 9.59 Å². The Hall–Kier alpha value is -2.90. The second-order valence-corrected chi connectivity index (χ2v) is 10.9. The molecule has 2 aromatic heterocycles. The van der Waals surface area contributed by atoms with Crippen LogP contribution in [-0.4, -0.2) is 21.4 Å². The molecule has 0 N–H and O–H groups in total. The first-order valence-corrected chi connectivity index (χ1v) is 13.2. The Morgan fingerprint density at radius 3 is 2.05 bits per heavy atom. The Morgan fingerprint density at radius 2 is 1.50 bits per heavy atom. The van der Waals surface area contributed by atoms with Gasteiger partial charge in [-0.2, -0.15) is 0 Å². The molecule has 0 bridgehead atoms. The average molecular weight is 591 g/mol. The van der Waals surface area contributed by atoms with E-state index in [4.69, 9.17) is 51.4 Å². The molecule has 0 radical (unpaired) electrons. The van der Waals surface area contributed by atoms with Crippen LogP contribution in [0.3, 0.4) is 0 Å². The van der Waals surface area contributed by atoms with E-state index in [1.807, 2.05) is 26.0 Å². The van der Waals surface area contributed by atoms with E-state index in [0.717, 1.165) is 10.5 Å². The minimum Gasteiger partial charge on any atom is -0.291 e. The molecule has 0 fully saturated rings. The maximum atomic E-state index is 13.5. The minimum atomic E-state index is -0.584. The van der Waals surface area contributed by atoms with Crippen molar-refractivity contribution in [2.45, 2.75) is 34.2 Å². The summed E-state index contributed by atoms with van der Waals surface area (Å²) >= 11 is 25.5. The number of aromatic nitrogens is 2.